The second kappa shape index (κ2) is 6.70. The average molecular weight is 427 g/mol. The van der Waals surface area contributed by atoms with Crippen molar-refractivity contribution in [2.75, 3.05) is 20.2 Å². The zero-order valence-corrected chi connectivity index (χ0v) is 16.0. The van der Waals surface area contributed by atoms with E-state index >= 15 is 0 Å². The second-order valence-corrected chi connectivity index (χ2v) is 7.71. The van der Waals surface area contributed by atoms with Gasteiger partial charge in [-0.3, -0.25) is 4.79 Å². The lowest BCUT2D eigenvalue weighted by Gasteiger charge is -2.43. The number of aromatic nitrogens is 2. The Labute approximate surface area is 158 Å². The molecule has 132 valence electrons. The van der Waals surface area contributed by atoms with Gasteiger partial charge in [-0.25, -0.2) is 9.97 Å². The average Bonchev–Trinajstić information content (AvgIpc) is 2.51. The standard InChI is InChI=1S/C17H17BrClN3O3/c1-24-11-7-22(8-11)17(23)9-2-10(3-9)25-16-13-5-20-15(19)4-12(13)14(18)6-21-16/h4-6,9-11H,2-3,7-8H2,1H3/t9-,10+. The van der Waals surface area contributed by atoms with Crippen molar-refractivity contribution in [1.82, 2.24) is 14.9 Å². The Bertz CT molecular complexity index is 822. The molecule has 1 amide bonds. The SMILES string of the molecule is COC1CN(C(=O)[C@H]2C[C@@H](Oc3ncc(Br)c4cc(Cl)ncc34)C2)C1. The summed E-state index contributed by atoms with van der Waals surface area (Å²) in [6.07, 6.45) is 4.98. The fraction of sp³-hybridized carbons (Fsp3) is 0.471. The smallest absolute Gasteiger partial charge is 0.226 e. The minimum Gasteiger partial charge on any atom is -0.474 e. The Balaban J connectivity index is 1.39. The van der Waals surface area contributed by atoms with E-state index < -0.39 is 0 Å². The molecule has 25 heavy (non-hydrogen) atoms. The first kappa shape index (κ1) is 17.0. The maximum atomic E-state index is 12.3. The van der Waals surface area contributed by atoms with Crippen LogP contribution in [0.3, 0.4) is 0 Å². The highest BCUT2D eigenvalue weighted by molar-refractivity contribution is 9.10. The van der Waals surface area contributed by atoms with Gasteiger partial charge in [-0.05, 0) is 34.8 Å². The monoisotopic (exact) mass is 425 g/mol. The largest absolute Gasteiger partial charge is 0.474 e. The Hall–Kier alpha value is -1.44. The molecule has 0 atom stereocenters. The van der Waals surface area contributed by atoms with E-state index in [1.54, 1.807) is 25.6 Å². The number of carbonyl (C=O) groups is 1. The topological polar surface area (TPSA) is 64.5 Å². The molecule has 0 N–H and O–H groups in total. The second-order valence-electron chi connectivity index (χ2n) is 6.47. The number of hydrogen-bond acceptors (Lipinski definition) is 5. The number of likely N-dealkylation sites (tertiary alicyclic amines) is 1. The Morgan fingerprint density at radius 2 is 2.00 bits per heavy atom. The molecule has 2 aliphatic rings. The van der Waals surface area contributed by atoms with Crippen molar-refractivity contribution < 1.29 is 14.3 Å². The van der Waals surface area contributed by atoms with Gasteiger partial charge in [0.05, 0.1) is 11.5 Å². The van der Waals surface area contributed by atoms with Crippen molar-refractivity contribution in [2.24, 2.45) is 5.92 Å². The van der Waals surface area contributed by atoms with Crippen LogP contribution in [0.4, 0.5) is 0 Å². The zero-order chi connectivity index (χ0) is 17.6. The quantitative estimate of drug-likeness (QED) is 0.703. The highest BCUT2D eigenvalue weighted by Gasteiger charge is 2.42. The summed E-state index contributed by atoms with van der Waals surface area (Å²) in [5.41, 5.74) is 0. The number of methoxy groups -OCH3 is 1. The van der Waals surface area contributed by atoms with Gasteiger partial charge in [-0.2, -0.15) is 0 Å². The molecule has 2 aromatic rings. The van der Waals surface area contributed by atoms with Crippen LogP contribution in [0.25, 0.3) is 10.8 Å². The van der Waals surface area contributed by atoms with E-state index in [1.165, 1.54) is 0 Å². The molecule has 1 aliphatic carbocycles. The van der Waals surface area contributed by atoms with Crippen LogP contribution in [-0.2, 0) is 9.53 Å². The molecule has 0 spiro atoms. The van der Waals surface area contributed by atoms with Crippen molar-refractivity contribution in [1.29, 1.82) is 0 Å². The fourth-order valence-corrected chi connectivity index (χ4v) is 3.78. The number of ether oxygens (including phenoxy) is 2. The maximum Gasteiger partial charge on any atom is 0.226 e. The van der Waals surface area contributed by atoms with Gasteiger partial charge in [0.25, 0.3) is 0 Å². The van der Waals surface area contributed by atoms with Crippen LogP contribution in [0.15, 0.2) is 22.9 Å². The number of hydrogen-bond donors (Lipinski definition) is 0. The summed E-state index contributed by atoms with van der Waals surface area (Å²) in [4.78, 5) is 22.6. The van der Waals surface area contributed by atoms with Crippen LogP contribution >= 0.6 is 27.5 Å². The number of nitrogens with zero attached hydrogens (tertiary/aromatic N) is 3. The van der Waals surface area contributed by atoms with Gasteiger partial charge in [0.2, 0.25) is 11.8 Å². The van der Waals surface area contributed by atoms with Crippen molar-refractivity contribution in [3.63, 3.8) is 0 Å². The summed E-state index contributed by atoms with van der Waals surface area (Å²) in [7, 11) is 1.68. The highest BCUT2D eigenvalue weighted by atomic mass is 79.9. The number of pyridine rings is 2. The normalized spacial score (nSPS) is 23.2. The maximum absolute atomic E-state index is 12.3. The molecule has 0 aromatic carbocycles. The number of fused-ring (bicyclic) bond motifs is 1. The summed E-state index contributed by atoms with van der Waals surface area (Å²) in [6.45, 7) is 1.39. The Kier molecular flexibility index (Phi) is 4.56. The molecule has 0 unspecified atom stereocenters. The van der Waals surface area contributed by atoms with Crippen LogP contribution in [0.5, 0.6) is 5.88 Å². The molecule has 0 bridgehead atoms. The van der Waals surface area contributed by atoms with Crippen LogP contribution < -0.4 is 4.74 Å². The van der Waals surface area contributed by atoms with Crippen molar-refractivity contribution in [3.8, 4) is 5.88 Å². The Morgan fingerprint density at radius 1 is 1.24 bits per heavy atom. The van der Waals surface area contributed by atoms with Gasteiger partial charge in [-0.1, -0.05) is 11.6 Å². The van der Waals surface area contributed by atoms with Gasteiger partial charge < -0.3 is 14.4 Å². The van der Waals surface area contributed by atoms with E-state index in [0.29, 0.717) is 37.0 Å². The van der Waals surface area contributed by atoms with Gasteiger partial charge >= 0.3 is 0 Å². The van der Waals surface area contributed by atoms with Gasteiger partial charge in [-0.15, -0.1) is 0 Å². The molecule has 4 rings (SSSR count). The minimum atomic E-state index is 0.000928. The predicted octanol–water partition coefficient (Wildman–Crippen LogP) is 3.06. The van der Waals surface area contributed by atoms with E-state index in [1.807, 2.05) is 4.90 Å². The van der Waals surface area contributed by atoms with E-state index in [4.69, 9.17) is 21.1 Å². The summed E-state index contributed by atoms with van der Waals surface area (Å²) in [5, 5.41) is 2.13. The first-order chi connectivity index (χ1) is 12.0. The molecule has 2 aromatic heterocycles. The molecule has 1 saturated carbocycles. The number of halogens is 2. The Morgan fingerprint density at radius 3 is 2.72 bits per heavy atom. The lowest BCUT2D eigenvalue weighted by molar-refractivity contribution is -0.153. The van der Waals surface area contributed by atoms with Crippen LogP contribution in [0, 0.1) is 5.92 Å². The first-order valence-corrected chi connectivity index (χ1v) is 9.30. The van der Waals surface area contributed by atoms with Gasteiger partial charge in [0.15, 0.2) is 0 Å². The van der Waals surface area contributed by atoms with Gasteiger partial charge in [0, 0.05) is 48.4 Å². The lowest BCUT2D eigenvalue weighted by Crippen LogP contribution is -2.58. The highest BCUT2D eigenvalue weighted by Crippen LogP contribution is 2.36. The van der Waals surface area contributed by atoms with Crippen molar-refractivity contribution in [3.05, 3.63) is 28.1 Å². The van der Waals surface area contributed by atoms with E-state index in [0.717, 1.165) is 15.2 Å². The fourth-order valence-electron chi connectivity index (χ4n) is 3.19. The molecule has 3 heterocycles. The van der Waals surface area contributed by atoms with Gasteiger partial charge in [0.1, 0.15) is 11.3 Å². The van der Waals surface area contributed by atoms with Crippen LogP contribution in [0.2, 0.25) is 5.15 Å². The summed E-state index contributed by atoms with van der Waals surface area (Å²) in [5.74, 6) is 0.772. The number of rotatable bonds is 4. The molecule has 6 nitrogen and oxygen atoms in total. The summed E-state index contributed by atoms with van der Waals surface area (Å²) < 4.78 is 12.1. The van der Waals surface area contributed by atoms with E-state index in [-0.39, 0.29) is 24.0 Å². The van der Waals surface area contributed by atoms with Crippen molar-refractivity contribution >= 4 is 44.2 Å². The summed E-state index contributed by atoms with van der Waals surface area (Å²) in [6, 6.07) is 1.78. The summed E-state index contributed by atoms with van der Waals surface area (Å²) >= 11 is 9.43. The molecular weight excluding hydrogens is 410 g/mol. The third-order valence-corrected chi connectivity index (χ3v) is 5.71. The zero-order valence-electron chi connectivity index (χ0n) is 13.6. The third-order valence-electron chi connectivity index (χ3n) is 4.87. The molecule has 8 heteroatoms. The number of amides is 1. The molecule has 2 fully saturated rings. The first-order valence-electron chi connectivity index (χ1n) is 8.13. The van der Waals surface area contributed by atoms with Crippen LogP contribution in [0.1, 0.15) is 12.8 Å². The third kappa shape index (κ3) is 3.20. The van der Waals surface area contributed by atoms with E-state index in [2.05, 4.69) is 25.9 Å². The lowest BCUT2D eigenvalue weighted by atomic mass is 9.80. The molecule has 0 radical (unpaired) electrons. The number of carbonyl (C=O) groups excluding carboxylic acids is 1. The predicted molar refractivity (Wildman–Crippen MR) is 96.8 cm³/mol. The van der Waals surface area contributed by atoms with Crippen LogP contribution in [-0.4, -0.2) is 53.2 Å². The van der Waals surface area contributed by atoms with E-state index in [9.17, 15) is 4.79 Å². The molecular formula is C17H17BrClN3O3. The van der Waals surface area contributed by atoms with Crippen molar-refractivity contribution in [2.45, 2.75) is 25.0 Å². The molecule has 1 aliphatic heterocycles. The minimum absolute atomic E-state index is 0.000928. The molecule has 1 saturated heterocycles.